The Bertz CT molecular complexity index is 544. The minimum atomic E-state index is -0.438. The summed E-state index contributed by atoms with van der Waals surface area (Å²) in [5.41, 5.74) is 0.436. The minimum Gasteiger partial charge on any atom is -0.323 e. The van der Waals surface area contributed by atoms with Crippen molar-refractivity contribution in [2.45, 2.75) is 0 Å². The molecule has 0 atom stereocenters. The van der Waals surface area contributed by atoms with Gasteiger partial charge in [-0.2, -0.15) is 15.0 Å². The summed E-state index contributed by atoms with van der Waals surface area (Å²) in [6, 6.07) is 3.86. The number of anilines is 2. The number of nitrogens with zero attached hydrogens (tertiary/aromatic N) is 3. The summed E-state index contributed by atoms with van der Waals surface area (Å²) in [5.74, 6) is -0.309. The smallest absolute Gasteiger partial charge is 0.232 e. The predicted octanol–water partition coefficient (Wildman–Crippen LogP) is 3.71. The van der Waals surface area contributed by atoms with Crippen LogP contribution in [0.25, 0.3) is 0 Å². The molecule has 0 unspecified atom stereocenters. The highest BCUT2D eigenvalue weighted by Crippen LogP contribution is 2.25. The van der Waals surface area contributed by atoms with Gasteiger partial charge in [0.2, 0.25) is 16.5 Å². The fraction of sp³-hybridized carbons (Fsp3) is 0. The van der Waals surface area contributed by atoms with E-state index in [2.05, 4.69) is 20.3 Å². The molecule has 0 aliphatic carbocycles. The van der Waals surface area contributed by atoms with Crippen molar-refractivity contribution >= 4 is 46.4 Å². The third kappa shape index (κ3) is 3.15. The number of halogens is 4. The fourth-order valence-electron chi connectivity index (χ4n) is 1.09. The summed E-state index contributed by atoms with van der Waals surface area (Å²) in [5, 5.41) is 2.84. The van der Waals surface area contributed by atoms with Crippen LogP contribution >= 0.6 is 34.8 Å². The average molecular weight is 294 g/mol. The molecule has 2 aromatic rings. The molecule has 0 aliphatic heterocycles. The monoisotopic (exact) mass is 292 g/mol. The number of rotatable bonds is 2. The van der Waals surface area contributed by atoms with Crippen molar-refractivity contribution in [1.29, 1.82) is 0 Å². The van der Waals surface area contributed by atoms with E-state index in [1.54, 1.807) is 0 Å². The van der Waals surface area contributed by atoms with Gasteiger partial charge < -0.3 is 5.32 Å². The summed E-state index contributed by atoms with van der Waals surface area (Å²) in [6.07, 6.45) is 0. The molecule has 8 heteroatoms. The Morgan fingerprint density at radius 3 is 2.24 bits per heavy atom. The molecule has 0 saturated heterocycles. The number of hydrogen-bond acceptors (Lipinski definition) is 4. The first-order valence-corrected chi connectivity index (χ1v) is 5.47. The number of nitrogens with one attached hydrogen (secondary N) is 1. The first kappa shape index (κ1) is 12.3. The lowest BCUT2D eigenvalue weighted by atomic mass is 10.3. The third-order valence-electron chi connectivity index (χ3n) is 1.76. The van der Waals surface area contributed by atoms with Crippen LogP contribution < -0.4 is 5.32 Å². The highest BCUT2D eigenvalue weighted by atomic mass is 35.5. The van der Waals surface area contributed by atoms with Crippen molar-refractivity contribution in [1.82, 2.24) is 15.0 Å². The fourth-order valence-corrected chi connectivity index (χ4v) is 1.67. The third-order valence-corrected chi connectivity index (χ3v) is 2.41. The van der Waals surface area contributed by atoms with Gasteiger partial charge in [-0.1, -0.05) is 11.6 Å². The second-order valence-corrected chi connectivity index (χ2v) is 4.03. The molecule has 0 radical (unpaired) electrons. The molecule has 2 rings (SSSR count). The van der Waals surface area contributed by atoms with Crippen LogP contribution in [0.2, 0.25) is 15.6 Å². The second kappa shape index (κ2) is 5.00. The molecule has 0 bridgehead atoms. The quantitative estimate of drug-likeness (QED) is 0.917. The van der Waals surface area contributed by atoms with Gasteiger partial charge in [-0.15, -0.1) is 0 Å². The number of benzene rings is 1. The molecule has 1 N–H and O–H groups in total. The predicted molar refractivity (Wildman–Crippen MR) is 64.5 cm³/mol. The maximum Gasteiger partial charge on any atom is 0.232 e. The van der Waals surface area contributed by atoms with Crippen molar-refractivity contribution in [3.8, 4) is 0 Å². The minimum absolute atomic E-state index is 0.0502. The van der Waals surface area contributed by atoms with Crippen LogP contribution in [0, 0.1) is 5.82 Å². The molecule has 1 aromatic heterocycles. The molecule has 0 amide bonds. The normalized spacial score (nSPS) is 10.4. The van der Waals surface area contributed by atoms with Gasteiger partial charge in [0.05, 0.1) is 10.7 Å². The van der Waals surface area contributed by atoms with Gasteiger partial charge in [0.25, 0.3) is 0 Å². The molecular formula is C9H4Cl3FN4. The maximum absolute atomic E-state index is 12.8. The van der Waals surface area contributed by atoms with Crippen molar-refractivity contribution in [3.63, 3.8) is 0 Å². The van der Waals surface area contributed by atoms with Gasteiger partial charge in [0, 0.05) is 0 Å². The maximum atomic E-state index is 12.8. The highest BCUT2D eigenvalue weighted by Gasteiger charge is 2.06. The van der Waals surface area contributed by atoms with Crippen LogP contribution in [0.15, 0.2) is 18.2 Å². The number of aromatic nitrogens is 3. The van der Waals surface area contributed by atoms with E-state index in [1.165, 1.54) is 12.1 Å². The molecule has 0 saturated carbocycles. The lowest BCUT2D eigenvalue weighted by Gasteiger charge is -2.06. The van der Waals surface area contributed by atoms with Crippen LogP contribution in [0.3, 0.4) is 0 Å². The Labute approximate surface area is 111 Å². The standard InChI is InChI=1S/C9H4Cl3FN4/c10-5-3-4(13)1-2-6(5)14-9-16-7(11)15-8(12)17-9/h1-3H,(H,14,15,16,17). The summed E-state index contributed by atoms with van der Waals surface area (Å²) in [4.78, 5) is 11.2. The molecule has 1 heterocycles. The Balaban J connectivity index is 2.31. The molecule has 88 valence electrons. The molecule has 17 heavy (non-hydrogen) atoms. The molecule has 0 spiro atoms. The molecule has 0 aliphatic rings. The Morgan fingerprint density at radius 2 is 1.65 bits per heavy atom. The summed E-state index contributed by atoms with van der Waals surface area (Å²) in [7, 11) is 0. The Morgan fingerprint density at radius 1 is 1.00 bits per heavy atom. The van der Waals surface area contributed by atoms with Crippen molar-refractivity contribution in [2.24, 2.45) is 0 Å². The summed E-state index contributed by atoms with van der Waals surface area (Å²) < 4.78 is 12.8. The zero-order valence-electron chi connectivity index (χ0n) is 8.09. The second-order valence-electron chi connectivity index (χ2n) is 2.95. The first-order valence-electron chi connectivity index (χ1n) is 4.34. The zero-order valence-corrected chi connectivity index (χ0v) is 10.4. The van der Waals surface area contributed by atoms with Crippen LogP contribution in [0.5, 0.6) is 0 Å². The van der Waals surface area contributed by atoms with Crippen molar-refractivity contribution in [3.05, 3.63) is 39.6 Å². The van der Waals surface area contributed by atoms with E-state index in [4.69, 9.17) is 34.8 Å². The molecule has 0 fully saturated rings. The zero-order chi connectivity index (χ0) is 12.4. The van der Waals surface area contributed by atoms with Gasteiger partial charge in [0.15, 0.2) is 0 Å². The Kier molecular flexibility index (Phi) is 3.61. The van der Waals surface area contributed by atoms with Gasteiger partial charge >= 0.3 is 0 Å². The van der Waals surface area contributed by atoms with Crippen molar-refractivity contribution in [2.75, 3.05) is 5.32 Å². The topological polar surface area (TPSA) is 50.7 Å². The van der Waals surface area contributed by atoms with E-state index in [0.29, 0.717) is 5.69 Å². The van der Waals surface area contributed by atoms with Crippen molar-refractivity contribution < 1.29 is 4.39 Å². The van der Waals surface area contributed by atoms with E-state index >= 15 is 0 Å². The highest BCUT2D eigenvalue weighted by molar-refractivity contribution is 6.33. The van der Waals surface area contributed by atoms with Gasteiger partial charge in [-0.25, -0.2) is 4.39 Å². The molecule has 1 aromatic carbocycles. The number of hydrogen-bond donors (Lipinski definition) is 1. The van der Waals surface area contributed by atoms with Gasteiger partial charge in [-0.05, 0) is 41.4 Å². The van der Waals surface area contributed by atoms with E-state index in [9.17, 15) is 4.39 Å². The Hall–Kier alpha value is -1.17. The van der Waals surface area contributed by atoms with Crippen LogP contribution in [-0.4, -0.2) is 15.0 Å². The van der Waals surface area contributed by atoms with E-state index in [0.717, 1.165) is 6.07 Å². The molecular weight excluding hydrogens is 289 g/mol. The van der Waals surface area contributed by atoms with E-state index in [-0.39, 0.29) is 21.5 Å². The van der Waals surface area contributed by atoms with Gasteiger partial charge in [0.1, 0.15) is 5.82 Å². The van der Waals surface area contributed by atoms with E-state index in [1.807, 2.05) is 0 Å². The SMILES string of the molecule is Fc1ccc(Nc2nc(Cl)nc(Cl)n2)c(Cl)c1. The lowest BCUT2D eigenvalue weighted by Crippen LogP contribution is -2.00. The first-order chi connectivity index (χ1) is 8.04. The summed E-state index contributed by atoms with van der Waals surface area (Å²) in [6.45, 7) is 0. The molecule has 4 nitrogen and oxygen atoms in total. The van der Waals surface area contributed by atoms with Crippen LogP contribution in [0.1, 0.15) is 0 Å². The van der Waals surface area contributed by atoms with E-state index < -0.39 is 5.82 Å². The summed E-state index contributed by atoms with van der Waals surface area (Å²) >= 11 is 17.0. The van der Waals surface area contributed by atoms with Gasteiger partial charge in [-0.3, -0.25) is 0 Å². The largest absolute Gasteiger partial charge is 0.323 e. The van der Waals surface area contributed by atoms with Crippen LogP contribution in [-0.2, 0) is 0 Å². The van der Waals surface area contributed by atoms with Crippen LogP contribution in [0.4, 0.5) is 16.0 Å². The lowest BCUT2D eigenvalue weighted by molar-refractivity contribution is 0.628. The average Bonchev–Trinajstić information content (AvgIpc) is 2.21.